The molecule has 0 radical (unpaired) electrons. The van der Waals surface area contributed by atoms with E-state index in [9.17, 15) is 4.39 Å². The van der Waals surface area contributed by atoms with Crippen molar-refractivity contribution in [3.63, 3.8) is 0 Å². The highest BCUT2D eigenvalue weighted by atomic mass is 32.1. The summed E-state index contributed by atoms with van der Waals surface area (Å²) in [6.45, 7) is 9.62. The number of hydrogen-bond acceptors (Lipinski definition) is 6. The molecule has 2 N–H and O–H groups in total. The summed E-state index contributed by atoms with van der Waals surface area (Å²) in [4.78, 5) is 14.7. The summed E-state index contributed by atoms with van der Waals surface area (Å²) in [7, 11) is 0. The fourth-order valence-corrected chi connectivity index (χ4v) is 6.31. The molecule has 5 rings (SSSR count). The maximum Gasteiger partial charge on any atom is 0.232 e. The number of aromatic nitrogens is 2. The lowest BCUT2D eigenvalue weighted by atomic mass is 9.74. The smallest absolute Gasteiger partial charge is 0.232 e. The third kappa shape index (κ3) is 6.37. The molecule has 0 spiro atoms. The van der Waals surface area contributed by atoms with Gasteiger partial charge in [-0.3, -0.25) is 0 Å². The number of piperidine rings is 2. The standard InChI is InChI=1S/C29H41FN6OS/c1-21-6-5-14-35(19-21)25-18-26(36-15-4-3-7-22(36)2)33-27(32-25)34-28(38)31-20-29(12-16-37-17-13-29)23-8-10-24(30)11-9-23/h8-11,18,21-22H,3-7,12-17,19-20H2,1-2H3,(H2,31,32,33,34,38)/t21-,22+/m0/s1. The van der Waals surface area contributed by atoms with E-state index in [1.807, 2.05) is 12.1 Å². The Bertz CT molecular complexity index is 1090. The maximum absolute atomic E-state index is 13.6. The zero-order valence-electron chi connectivity index (χ0n) is 22.7. The second kappa shape index (κ2) is 12.1. The van der Waals surface area contributed by atoms with E-state index in [4.69, 9.17) is 26.9 Å². The summed E-state index contributed by atoms with van der Waals surface area (Å²) in [5.74, 6) is 2.90. The van der Waals surface area contributed by atoms with Crippen LogP contribution < -0.4 is 20.4 Å². The molecule has 3 aliphatic rings. The molecule has 3 fully saturated rings. The summed E-state index contributed by atoms with van der Waals surface area (Å²) in [6, 6.07) is 9.45. The van der Waals surface area contributed by atoms with Gasteiger partial charge >= 0.3 is 0 Å². The molecule has 4 heterocycles. The maximum atomic E-state index is 13.6. The van der Waals surface area contributed by atoms with E-state index in [0.717, 1.165) is 49.7 Å². The highest BCUT2D eigenvalue weighted by Gasteiger charge is 2.35. The topological polar surface area (TPSA) is 65.5 Å². The summed E-state index contributed by atoms with van der Waals surface area (Å²) < 4.78 is 19.3. The minimum absolute atomic E-state index is 0.168. The Morgan fingerprint density at radius 1 is 1.05 bits per heavy atom. The number of benzene rings is 1. The van der Waals surface area contributed by atoms with Crippen molar-refractivity contribution in [2.75, 3.05) is 54.5 Å². The van der Waals surface area contributed by atoms with Gasteiger partial charge in [-0.2, -0.15) is 9.97 Å². The molecule has 3 saturated heterocycles. The van der Waals surface area contributed by atoms with Crippen LogP contribution in [0.5, 0.6) is 0 Å². The molecule has 2 atom stereocenters. The van der Waals surface area contributed by atoms with Crippen LogP contribution in [0, 0.1) is 11.7 Å². The SMILES string of the molecule is C[C@H]1CCCN(c2cc(N3CCCC[C@H]3C)nc(NC(=S)NCC3(c4ccc(F)cc4)CCOCC3)n2)C1. The Balaban J connectivity index is 1.34. The van der Waals surface area contributed by atoms with Crippen LogP contribution in [0.4, 0.5) is 22.0 Å². The van der Waals surface area contributed by atoms with E-state index in [0.29, 0.717) is 42.8 Å². The van der Waals surface area contributed by atoms with Crippen molar-refractivity contribution in [1.29, 1.82) is 0 Å². The Morgan fingerprint density at radius 2 is 1.82 bits per heavy atom. The predicted molar refractivity (Wildman–Crippen MR) is 156 cm³/mol. The number of hydrogen-bond donors (Lipinski definition) is 2. The van der Waals surface area contributed by atoms with E-state index in [1.54, 1.807) is 0 Å². The molecule has 0 saturated carbocycles. The molecule has 0 unspecified atom stereocenters. The Labute approximate surface area is 231 Å². The quantitative estimate of drug-likeness (QED) is 0.481. The molecule has 0 amide bonds. The van der Waals surface area contributed by atoms with Gasteiger partial charge in [0.1, 0.15) is 17.5 Å². The second-order valence-corrected chi connectivity index (χ2v) is 11.8. The zero-order valence-corrected chi connectivity index (χ0v) is 23.5. The molecular formula is C29H41FN6OS. The van der Waals surface area contributed by atoms with Gasteiger partial charge in [0.2, 0.25) is 5.95 Å². The largest absolute Gasteiger partial charge is 0.381 e. The van der Waals surface area contributed by atoms with Gasteiger partial charge in [0.25, 0.3) is 0 Å². The van der Waals surface area contributed by atoms with Gasteiger partial charge in [0.05, 0.1) is 0 Å². The van der Waals surface area contributed by atoms with Crippen molar-refractivity contribution in [2.45, 2.75) is 70.3 Å². The van der Waals surface area contributed by atoms with Crippen LogP contribution in [-0.2, 0) is 10.2 Å². The van der Waals surface area contributed by atoms with Gasteiger partial charge in [0.15, 0.2) is 5.11 Å². The van der Waals surface area contributed by atoms with Crippen LogP contribution in [-0.4, -0.2) is 60.5 Å². The number of halogens is 1. The first kappa shape index (κ1) is 27.1. The molecule has 206 valence electrons. The number of nitrogens with zero attached hydrogens (tertiary/aromatic N) is 4. The Morgan fingerprint density at radius 3 is 2.55 bits per heavy atom. The minimum atomic E-state index is -0.222. The average Bonchev–Trinajstić information content (AvgIpc) is 2.93. The molecule has 1 aromatic carbocycles. The zero-order chi connectivity index (χ0) is 26.5. The van der Waals surface area contributed by atoms with Crippen LogP contribution in [0.25, 0.3) is 0 Å². The van der Waals surface area contributed by atoms with E-state index < -0.39 is 0 Å². The van der Waals surface area contributed by atoms with Crippen molar-refractivity contribution in [2.24, 2.45) is 5.92 Å². The molecule has 9 heteroatoms. The number of anilines is 3. The molecule has 3 aliphatic heterocycles. The van der Waals surface area contributed by atoms with Crippen LogP contribution in [0.1, 0.15) is 64.4 Å². The number of thiocarbonyl (C=S) groups is 1. The third-order valence-electron chi connectivity index (χ3n) is 8.50. The molecule has 7 nitrogen and oxygen atoms in total. The highest BCUT2D eigenvalue weighted by molar-refractivity contribution is 7.80. The van der Waals surface area contributed by atoms with Gasteiger partial charge in [-0.1, -0.05) is 19.1 Å². The first-order valence-corrected chi connectivity index (χ1v) is 14.6. The second-order valence-electron chi connectivity index (χ2n) is 11.3. The van der Waals surface area contributed by atoms with Crippen LogP contribution >= 0.6 is 12.2 Å². The fourth-order valence-electron chi connectivity index (χ4n) is 6.15. The van der Waals surface area contributed by atoms with Crippen molar-refractivity contribution >= 4 is 34.9 Å². The lowest BCUT2D eigenvalue weighted by Gasteiger charge is -2.38. The summed E-state index contributed by atoms with van der Waals surface area (Å²) in [5.41, 5.74) is 0.940. The van der Waals surface area contributed by atoms with Crippen molar-refractivity contribution in [3.8, 4) is 0 Å². The van der Waals surface area contributed by atoms with Crippen LogP contribution in [0.3, 0.4) is 0 Å². The molecule has 2 aromatic rings. The number of ether oxygens (including phenoxy) is 1. The van der Waals surface area contributed by atoms with E-state index >= 15 is 0 Å². The minimum Gasteiger partial charge on any atom is -0.381 e. The predicted octanol–water partition coefficient (Wildman–Crippen LogP) is 5.27. The lowest BCUT2D eigenvalue weighted by molar-refractivity contribution is 0.0515. The fraction of sp³-hybridized carbons (Fsp3) is 0.621. The van der Waals surface area contributed by atoms with Gasteiger partial charge in [-0.15, -0.1) is 0 Å². The molecule has 0 bridgehead atoms. The Kier molecular flexibility index (Phi) is 8.63. The number of nitrogens with one attached hydrogen (secondary N) is 2. The lowest BCUT2D eigenvalue weighted by Crippen LogP contribution is -2.45. The van der Waals surface area contributed by atoms with Crippen molar-refractivity contribution in [3.05, 3.63) is 41.7 Å². The Hall–Kier alpha value is -2.52. The van der Waals surface area contributed by atoms with Crippen molar-refractivity contribution in [1.82, 2.24) is 15.3 Å². The summed E-state index contributed by atoms with van der Waals surface area (Å²) in [6.07, 6.45) is 7.77. The van der Waals surface area contributed by atoms with Crippen LogP contribution in [0.15, 0.2) is 30.3 Å². The summed E-state index contributed by atoms with van der Waals surface area (Å²) in [5, 5.41) is 7.23. The molecular weight excluding hydrogens is 499 g/mol. The van der Waals surface area contributed by atoms with Gasteiger partial charge in [0, 0.05) is 56.9 Å². The normalized spacial score (nSPS) is 23.7. The van der Waals surface area contributed by atoms with E-state index in [1.165, 1.54) is 44.2 Å². The van der Waals surface area contributed by atoms with E-state index in [2.05, 4.69) is 40.3 Å². The van der Waals surface area contributed by atoms with Crippen LogP contribution in [0.2, 0.25) is 0 Å². The molecule has 38 heavy (non-hydrogen) atoms. The van der Waals surface area contributed by atoms with Gasteiger partial charge < -0.3 is 25.2 Å². The summed E-state index contributed by atoms with van der Waals surface area (Å²) >= 11 is 5.75. The highest BCUT2D eigenvalue weighted by Crippen LogP contribution is 2.35. The monoisotopic (exact) mass is 540 g/mol. The van der Waals surface area contributed by atoms with E-state index in [-0.39, 0.29) is 11.2 Å². The first-order valence-electron chi connectivity index (χ1n) is 14.2. The van der Waals surface area contributed by atoms with Gasteiger partial charge in [-0.25, -0.2) is 4.39 Å². The average molecular weight is 541 g/mol. The number of rotatable bonds is 6. The first-order chi connectivity index (χ1) is 18.4. The molecule has 1 aromatic heterocycles. The van der Waals surface area contributed by atoms with Gasteiger partial charge in [-0.05, 0) is 87.7 Å². The van der Waals surface area contributed by atoms with Crippen molar-refractivity contribution < 1.29 is 9.13 Å². The molecule has 0 aliphatic carbocycles. The third-order valence-corrected chi connectivity index (χ3v) is 8.74.